The Morgan fingerprint density at radius 2 is 2.25 bits per heavy atom. The smallest absolute Gasteiger partial charge is 0.252 e. The summed E-state index contributed by atoms with van der Waals surface area (Å²) in [6.07, 6.45) is 2.07. The molecular formula is C13H17N5O2. The van der Waals surface area contributed by atoms with Crippen molar-refractivity contribution in [1.82, 2.24) is 10.3 Å². The van der Waals surface area contributed by atoms with Crippen molar-refractivity contribution in [2.75, 3.05) is 23.7 Å². The predicted octanol–water partition coefficient (Wildman–Crippen LogP) is -0.356. The first-order valence-electron chi connectivity index (χ1n) is 6.25. The first kappa shape index (κ1) is 13.9. The molecule has 0 saturated carbocycles. The number of nitrogen functional groups attached to an aromatic ring is 1. The number of carbonyl (C=O) groups is 2. The normalized spacial score (nSPS) is 17.8. The molecule has 20 heavy (non-hydrogen) atoms. The van der Waals surface area contributed by atoms with Crippen molar-refractivity contribution in [3.8, 4) is 0 Å². The average molecular weight is 275 g/mol. The molecular weight excluding hydrogens is 258 g/mol. The molecule has 1 unspecified atom stereocenters. The molecule has 2 rings (SSSR count). The quantitative estimate of drug-likeness (QED) is 0.649. The van der Waals surface area contributed by atoms with Crippen LogP contribution in [0.3, 0.4) is 0 Å². The molecule has 0 bridgehead atoms. The average Bonchev–Trinajstić information content (AvgIpc) is 2.86. The van der Waals surface area contributed by atoms with E-state index in [9.17, 15) is 9.59 Å². The molecule has 106 valence electrons. The lowest BCUT2D eigenvalue weighted by Gasteiger charge is -2.18. The summed E-state index contributed by atoms with van der Waals surface area (Å²) in [5.41, 5.74) is 11.1. The molecule has 1 aliphatic heterocycles. The number of anilines is 2. The van der Waals surface area contributed by atoms with E-state index < -0.39 is 5.91 Å². The van der Waals surface area contributed by atoms with Gasteiger partial charge in [0, 0.05) is 19.1 Å². The molecule has 1 saturated heterocycles. The largest absolute Gasteiger partial charge is 0.383 e. The van der Waals surface area contributed by atoms with Gasteiger partial charge in [0.25, 0.3) is 5.91 Å². The Labute approximate surface area is 116 Å². The molecule has 5 N–H and O–H groups in total. The minimum atomic E-state index is -0.598. The van der Waals surface area contributed by atoms with E-state index in [0.717, 1.165) is 13.0 Å². The molecule has 0 spiro atoms. The SMILES string of the molecule is C=CC(=O)NC1CCN(c2ccc(C(N)=O)c(N)n2)C1. The van der Waals surface area contributed by atoms with Crippen LogP contribution in [0.5, 0.6) is 0 Å². The fourth-order valence-electron chi connectivity index (χ4n) is 2.19. The summed E-state index contributed by atoms with van der Waals surface area (Å²) in [6, 6.07) is 3.32. The van der Waals surface area contributed by atoms with E-state index in [0.29, 0.717) is 12.4 Å². The van der Waals surface area contributed by atoms with Gasteiger partial charge >= 0.3 is 0 Å². The molecule has 2 heterocycles. The van der Waals surface area contributed by atoms with Crippen molar-refractivity contribution in [2.45, 2.75) is 12.5 Å². The Hall–Kier alpha value is -2.57. The summed E-state index contributed by atoms with van der Waals surface area (Å²) in [5.74, 6) is 0.00363. The number of amides is 2. The Kier molecular flexibility index (Phi) is 3.88. The molecule has 7 nitrogen and oxygen atoms in total. The number of hydrogen-bond acceptors (Lipinski definition) is 5. The van der Waals surface area contributed by atoms with Gasteiger partial charge in [-0.1, -0.05) is 6.58 Å². The van der Waals surface area contributed by atoms with Crippen LogP contribution in [0.15, 0.2) is 24.8 Å². The third-order valence-corrected chi connectivity index (χ3v) is 3.22. The second kappa shape index (κ2) is 5.60. The summed E-state index contributed by atoms with van der Waals surface area (Å²) in [5, 5.41) is 2.84. The second-order valence-corrected chi connectivity index (χ2v) is 4.61. The van der Waals surface area contributed by atoms with Gasteiger partial charge in [-0.25, -0.2) is 4.98 Å². The minimum absolute atomic E-state index is 0.0549. The third-order valence-electron chi connectivity index (χ3n) is 3.22. The Morgan fingerprint density at radius 1 is 1.50 bits per heavy atom. The third kappa shape index (κ3) is 2.87. The highest BCUT2D eigenvalue weighted by Gasteiger charge is 2.24. The van der Waals surface area contributed by atoms with Crippen LogP contribution in [-0.2, 0) is 4.79 Å². The fraction of sp³-hybridized carbons (Fsp3) is 0.308. The van der Waals surface area contributed by atoms with E-state index in [1.165, 1.54) is 6.08 Å². The summed E-state index contributed by atoms with van der Waals surface area (Å²) < 4.78 is 0. The Morgan fingerprint density at radius 3 is 2.85 bits per heavy atom. The van der Waals surface area contributed by atoms with Crippen molar-refractivity contribution < 1.29 is 9.59 Å². The van der Waals surface area contributed by atoms with Gasteiger partial charge < -0.3 is 21.7 Å². The number of nitrogens with one attached hydrogen (secondary N) is 1. The van der Waals surface area contributed by atoms with Crippen LogP contribution in [-0.4, -0.2) is 35.9 Å². The number of nitrogens with zero attached hydrogens (tertiary/aromatic N) is 2. The summed E-state index contributed by atoms with van der Waals surface area (Å²) >= 11 is 0. The van der Waals surface area contributed by atoms with Gasteiger partial charge in [0.05, 0.1) is 5.56 Å². The maximum atomic E-state index is 11.3. The number of pyridine rings is 1. The number of hydrogen-bond donors (Lipinski definition) is 3. The van der Waals surface area contributed by atoms with Gasteiger partial charge in [0.1, 0.15) is 11.6 Å². The van der Waals surface area contributed by atoms with Gasteiger partial charge in [0.2, 0.25) is 5.91 Å². The topological polar surface area (TPSA) is 114 Å². The van der Waals surface area contributed by atoms with Crippen LogP contribution in [0.25, 0.3) is 0 Å². The molecule has 1 fully saturated rings. The molecule has 7 heteroatoms. The Bertz CT molecular complexity index is 558. The van der Waals surface area contributed by atoms with Crippen molar-refractivity contribution in [3.63, 3.8) is 0 Å². The van der Waals surface area contributed by atoms with Crippen LogP contribution in [0.1, 0.15) is 16.8 Å². The number of carbonyl (C=O) groups excluding carboxylic acids is 2. The van der Waals surface area contributed by atoms with E-state index in [2.05, 4.69) is 16.9 Å². The van der Waals surface area contributed by atoms with Crippen molar-refractivity contribution in [3.05, 3.63) is 30.4 Å². The minimum Gasteiger partial charge on any atom is -0.383 e. The van der Waals surface area contributed by atoms with Gasteiger partial charge in [-0.05, 0) is 24.6 Å². The first-order valence-corrected chi connectivity index (χ1v) is 6.25. The molecule has 0 radical (unpaired) electrons. The van der Waals surface area contributed by atoms with Crippen molar-refractivity contribution >= 4 is 23.5 Å². The molecule has 0 aliphatic carbocycles. The zero-order chi connectivity index (χ0) is 14.7. The maximum Gasteiger partial charge on any atom is 0.252 e. The molecule has 2 amide bonds. The molecule has 1 aromatic heterocycles. The van der Waals surface area contributed by atoms with Crippen LogP contribution in [0.4, 0.5) is 11.6 Å². The fourth-order valence-corrected chi connectivity index (χ4v) is 2.19. The maximum absolute atomic E-state index is 11.3. The highest BCUT2D eigenvalue weighted by Crippen LogP contribution is 2.21. The number of aromatic nitrogens is 1. The van der Waals surface area contributed by atoms with Crippen molar-refractivity contribution in [1.29, 1.82) is 0 Å². The van der Waals surface area contributed by atoms with Crippen LogP contribution in [0.2, 0.25) is 0 Å². The van der Waals surface area contributed by atoms with Crippen LogP contribution >= 0.6 is 0 Å². The first-order chi connectivity index (χ1) is 9.51. The van der Waals surface area contributed by atoms with Crippen LogP contribution in [0, 0.1) is 0 Å². The lowest BCUT2D eigenvalue weighted by Crippen LogP contribution is -2.36. The lowest BCUT2D eigenvalue weighted by molar-refractivity contribution is -0.117. The summed E-state index contributed by atoms with van der Waals surface area (Å²) in [6.45, 7) is 4.81. The summed E-state index contributed by atoms with van der Waals surface area (Å²) in [4.78, 5) is 28.5. The van der Waals surface area contributed by atoms with Gasteiger partial charge in [-0.15, -0.1) is 0 Å². The number of primary amides is 1. The monoisotopic (exact) mass is 275 g/mol. The van der Waals surface area contributed by atoms with Gasteiger partial charge in [-0.2, -0.15) is 0 Å². The van der Waals surface area contributed by atoms with E-state index in [-0.39, 0.29) is 23.3 Å². The lowest BCUT2D eigenvalue weighted by atomic mass is 10.2. The van der Waals surface area contributed by atoms with E-state index in [1.54, 1.807) is 12.1 Å². The zero-order valence-electron chi connectivity index (χ0n) is 11.0. The molecule has 1 aromatic rings. The van der Waals surface area contributed by atoms with Gasteiger partial charge in [-0.3, -0.25) is 9.59 Å². The molecule has 1 aliphatic rings. The predicted molar refractivity (Wildman–Crippen MR) is 76.1 cm³/mol. The highest BCUT2D eigenvalue weighted by atomic mass is 16.1. The number of nitrogens with two attached hydrogens (primary N) is 2. The second-order valence-electron chi connectivity index (χ2n) is 4.61. The standard InChI is InChI=1S/C13H17N5O2/c1-2-11(19)16-8-5-6-18(7-8)10-4-3-9(13(15)20)12(14)17-10/h2-4,8H,1,5-7H2,(H2,14,17)(H2,15,20)(H,16,19). The summed E-state index contributed by atoms with van der Waals surface area (Å²) in [7, 11) is 0. The molecule has 1 atom stereocenters. The zero-order valence-corrected chi connectivity index (χ0v) is 11.0. The van der Waals surface area contributed by atoms with Gasteiger partial charge in [0.15, 0.2) is 0 Å². The molecule has 0 aromatic carbocycles. The Balaban J connectivity index is 2.06. The van der Waals surface area contributed by atoms with E-state index in [1.807, 2.05) is 4.90 Å². The van der Waals surface area contributed by atoms with Crippen molar-refractivity contribution in [2.24, 2.45) is 5.73 Å². The number of rotatable bonds is 4. The highest BCUT2D eigenvalue weighted by molar-refractivity contribution is 5.97. The van der Waals surface area contributed by atoms with Crippen LogP contribution < -0.4 is 21.7 Å². The van der Waals surface area contributed by atoms with E-state index in [4.69, 9.17) is 11.5 Å². The van der Waals surface area contributed by atoms with E-state index >= 15 is 0 Å².